The fourth-order valence-electron chi connectivity index (χ4n) is 0.876. The molecule has 0 bridgehead atoms. The zero-order chi connectivity index (χ0) is 9.14. The molecule has 0 fully saturated rings. The highest BCUT2D eigenvalue weighted by Gasteiger charge is 2.11. The van der Waals surface area contributed by atoms with Crippen LogP contribution in [-0.4, -0.2) is 16.8 Å². The van der Waals surface area contributed by atoms with Crippen molar-refractivity contribution in [2.45, 2.75) is 6.10 Å². The lowest BCUT2D eigenvalue weighted by Crippen LogP contribution is -2.02. The van der Waals surface area contributed by atoms with Gasteiger partial charge in [0.25, 0.3) is 0 Å². The Kier molecular flexibility index (Phi) is 3.35. The van der Waals surface area contributed by atoms with Crippen LogP contribution < -0.4 is 0 Å². The molecule has 1 aromatic rings. The van der Waals surface area contributed by atoms with E-state index < -0.39 is 6.10 Å². The van der Waals surface area contributed by atoms with Crippen LogP contribution in [0.15, 0.2) is 18.2 Å². The number of halogens is 2. The van der Waals surface area contributed by atoms with Crippen molar-refractivity contribution in [1.82, 2.24) is 0 Å². The van der Waals surface area contributed by atoms with Crippen LogP contribution in [0.3, 0.4) is 0 Å². The minimum atomic E-state index is -0.962. The van der Waals surface area contributed by atoms with Crippen LogP contribution in [0.2, 0.25) is 10.0 Å². The lowest BCUT2D eigenvalue weighted by Gasteiger charge is -2.09. The third-order valence-electron chi connectivity index (χ3n) is 1.51. The normalized spacial score (nSPS) is 13.0. The summed E-state index contributed by atoms with van der Waals surface area (Å²) in [7, 11) is 0. The van der Waals surface area contributed by atoms with Crippen LogP contribution in [-0.2, 0) is 0 Å². The molecule has 0 heterocycles. The van der Waals surface area contributed by atoms with E-state index in [-0.39, 0.29) is 6.61 Å². The summed E-state index contributed by atoms with van der Waals surface area (Å²) < 4.78 is 0. The fourth-order valence-corrected chi connectivity index (χ4v) is 1.31. The molecule has 66 valence electrons. The second kappa shape index (κ2) is 4.10. The molecule has 0 aromatic heterocycles. The maximum absolute atomic E-state index is 9.24. The molecule has 1 rings (SSSR count). The van der Waals surface area contributed by atoms with Gasteiger partial charge in [0.15, 0.2) is 0 Å². The number of hydrogen-bond acceptors (Lipinski definition) is 2. The fraction of sp³-hybridized carbons (Fsp3) is 0.250. The topological polar surface area (TPSA) is 40.5 Å². The minimum absolute atomic E-state index is 0.292. The van der Waals surface area contributed by atoms with Crippen molar-refractivity contribution in [3.8, 4) is 0 Å². The Labute approximate surface area is 80.4 Å². The van der Waals surface area contributed by atoms with Crippen LogP contribution >= 0.6 is 23.2 Å². The zero-order valence-corrected chi connectivity index (χ0v) is 7.68. The average Bonchev–Trinajstić information content (AvgIpc) is 2.08. The molecule has 0 spiro atoms. The highest BCUT2D eigenvalue weighted by atomic mass is 35.5. The van der Waals surface area contributed by atoms with Gasteiger partial charge in [-0.3, -0.25) is 0 Å². The van der Waals surface area contributed by atoms with Crippen molar-refractivity contribution in [2.24, 2.45) is 0 Å². The van der Waals surface area contributed by atoms with E-state index in [1.807, 2.05) is 0 Å². The molecule has 1 atom stereocenters. The zero-order valence-electron chi connectivity index (χ0n) is 6.17. The van der Waals surface area contributed by atoms with Crippen molar-refractivity contribution < 1.29 is 10.2 Å². The highest BCUT2D eigenvalue weighted by molar-refractivity contribution is 6.42. The van der Waals surface area contributed by atoms with Crippen molar-refractivity contribution >= 4 is 23.2 Å². The first-order valence-electron chi connectivity index (χ1n) is 3.39. The largest absolute Gasteiger partial charge is 0.393 e. The van der Waals surface area contributed by atoms with Crippen molar-refractivity contribution in [2.75, 3.05) is 6.61 Å². The Morgan fingerprint density at radius 1 is 1.33 bits per heavy atom. The van der Waals surface area contributed by atoms with Gasteiger partial charge in [0, 0.05) is 5.56 Å². The van der Waals surface area contributed by atoms with Crippen LogP contribution in [0.1, 0.15) is 11.7 Å². The molecule has 0 aliphatic carbocycles. The van der Waals surface area contributed by atoms with Gasteiger partial charge in [-0.1, -0.05) is 35.3 Å². The van der Waals surface area contributed by atoms with E-state index in [9.17, 15) is 5.11 Å². The Balaban J connectivity index is 3.07. The number of benzene rings is 1. The molecular formula is C8H8Cl2O2. The standard InChI is InChI=1S/C8H8Cl2O2/c9-6-3-1-2-5(8(6)10)7(12)4-11/h1-3,7,11-12H,4H2/t7-/m0/s1. The van der Waals surface area contributed by atoms with Crippen LogP contribution in [0.5, 0.6) is 0 Å². The molecule has 1 aromatic carbocycles. The molecule has 2 N–H and O–H groups in total. The van der Waals surface area contributed by atoms with Gasteiger partial charge < -0.3 is 10.2 Å². The first kappa shape index (κ1) is 9.81. The summed E-state index contributed by atoms with van der Waals surface area (Å²) in [5.41, 5.74) is 0.451. The van der Waals surface area contributed by atoms with E-state index >= 15 is 0 Å². The van der Waals surface area contributed by atoms with E-state index in [1.165, 1.54) is 0 Å². The molecule has 0 aliphatic heterocycles. The van der Waals surface area contributed by atoms with Gasteiger partial charge in [0.05, 0.1) is 16.7 Å². The van der Waals surface area contributed by atoms with Gasteiger partial charge in [-0.25, -0.2) is 0 Å². The summed E-state index contributed by atoms with van der Waals surface area (Å²) in [6.07, 6.45) is -0.962. The lowest BCUT2D eigenvalue weighted by molar-refractivity contribution is 0.0957. The maximum atomic E-state index is 9.24. The summed E-state index contributed by atoms with van der Waals surface area (Å²) in [4.78, 5) is 0. The van der Waals surface area contributed by atoms with E-state index in [0.717, 1.165) is 0 Å². The minimum Gasteiger partial charge on any atom is -0.393 e. The van der Waals surface area contributed by atoms with E-state index in [4.69, 9.17) is 28.3 Å². The van der Waals surface area contributed by atoms with Gasteiger partial charge in [-0.2, -0.15) is 0 Å². The Bertz CT molecular complexity index is 276. The van der Waals surface area contributed by atoms with Gasteiger partial charge >= 0.3 is 0 Å². The maximum Gasteiger partial charge on any atom is 0.104 e. The smallest absolute Gasteiger partial charge is 0.104 e. The molecular weight excluding hydrogens is 199 g/mol. The van der Waals surface area contributed by atoms with E-state index in [1.54, 1.807) is 18.2 Å². The van der Waals surface area contributed by atoms with E-state index in [2.05, 4.69) is 0 Å². The van der Waals surface area contributed by atoms with Crippen molar-refractivity contribution in [1.29, 1.82) is 0 Å². The van der Waals surface area contributed by atoms with Crippen LogP contribution in [0.25, 0.3) is 0 Å². The molecule has 0 saturated carbocycles. The Hall–Kier alpha value is -0.280. The number of rotatable bonds is 2. The second-order valence-electron chi connectivity index (χ2n) is 2.34. The van der Waals surface area contributed by atoms with E-state index in [0.29, 0.717) is 15.6 Å². The van der Waals surface area contributed by atoms with Gasteiger partial charge in [-0.15, -0.1) is 0 Å². The Morgan fingerprint density at radius 3 is 2.58 bits per heavy atom. The number of aliphatic hydroxyl groups is 2. The second-order valence-corrected chi connectivity index (χ2v) is 3.13. The summed E-state index contributed by atoms with van der Waals surface area (Å²) in [6.45, 7) is -0.361. The van der Waals surface area contributed by atoms with Gasteiger partial charge in [0.2, 0.25) is 0 Å². The Morgan fingerprint density at radius 2 is 2.00 bits per heavy atom. The summed E-state index contributed by atoms with van der Waals surface area (Å²) in [5.74, 6) is 0. The molecule has 12 heavy (non-hydrogen) atoms. The number of hydrogen-bond donors (Lipinski definition) is 2. The molecule has 0 unspecified atom stereocenters. The monoisotopic (exact) mass is 206 g/mol. The highest BCUT2D eigenvalue weighted by Crippen LogP contribution is 2.29. The van der Waals surface area contributed by atoms with Crippen molar-refractivity contribution in [3.05, 3.63) is 33.8 Å². The van der Waals surface area contributed by atoms with Gasteiger partial charge in [0.1, 0.15) is 6.10 Å². The van der Waals surface area contributed by atoms with Gasteiger partial charge in [-0.05, 0) is 6.07 Å². The summed E-state index contributed by atoms with van der Waals surface area (Å²) >= 11 is 11.5. The van der Waals surface area contributed by atoms with Crippen LogP contribution in [0, 0.1) is 0 Å². The first-order valence-corrected chi connectivity index (χ1v) is 4.15. The quantitative estimate of drug-likeness (QED) is 0.778. The summed E-state index contributed by atoms with van der Waals surface area (Å²) in [6, 6.07) is 4.91. The SMILES string of the molecule is OC[C@H](O)c1cccc(Cl)c1Cl. The molecule has 0 saturated heterocycles. The molecule has 0 amide bonds. The molecule has 0 aliphatic rings. The third kappa shape index (κ3) is 1.90. The molecule has 0 radical (unpaired) electrons. The predicted molar refractivity (Wildman–Crippen MR) is 48.5 cm³/mol. The summed E-state index contributed by atoms with van der Waals surface area (Å²) in [5, 5.41) is 18.6. The van der Waals surface area contributed by atoms with Crippen molar-refractivity contribution in [3.63, 3.8) is 0 Å². The molecule has 2 nitrogen and oxygen atoms in total. The van der Waals surface area contributed by atoms with Crippen LogP contribution in [0.4, 0.5) is 0 Å². The number of aliphatic hydroxyl groups excluding tert-OH is 2. The average molecular weight is 207 g/mol. The lowest BCUT2D eigenvalue weighted by atomic mass is 10.1. The molecule has 4 heteroatoms. The first-order chi connectivity index (χ1) is 5.66. The predicted octanol–water partition coefficient (Wildman–Crippen LogP) is 2.02. The third-order valence-corrected chi connectivity index (χ3v) is 2.35.